The largest absolute Gasteiger partial charge is 0.364 e. The van der Waals surface area contributed by atoms with E-state index in [1.807, 2.05) is 0 Å². The van der Waals surface area contributed by atoms with Crippen LogP contribution in [0.2, 0.25) is 0 Å². The van der Waals surface area contributed by atoms with Crippen molar-refractivity contribution >= 4 is 16.5 Å². The molecule has 6 nitrogen and oxygen atoms in total. The van der Waals surface area contributed by atoms with Gasteiger partial charge in [0.05, 0.1) is 0 Å². The molecule has 0 unspecified atom stereocenters. The van der Waals surface area contributed by atoms with Crippen LogP contribution in [-0.4, -0.2) is 34.5 Å². The summed E-state index contributed by atoms with van der Waals surface area (Å²) in [6.07, 6.45) is 3.79. The molecular formula is C10H13N5OS. The zero-order valence-corrected chi connectivity index (χ0v) is 10.0. The summed E-state index contributed by atoms with van der Waals surface area (Å²) in [5.74, 6) is 0. The monoisotopic (exact) mass is 251 g/mol. The molecule has 3 rings (SSSR count). The van der Waals surface area contributed by atoms with Crippen molar-refractivity contribution in [2.24, 2.45) is 0 Å². The summed E-state index contributed by atoms with van der Waals surface area (Å²) >= 11 is 1.51. The second-order valence-electron chi connectivity index (χ2n) is 3.97. The van der Waals surface area contributed by atoms with Crippen molar-refractivity contribution in [3.63, 3.8) is 0 Å². The van der Waals surface area contributed by atoms with Crippen LogP contribution in [0.25, 0.3) is 10.7 Å². The molecule has 0 atom stereocenters. The number of hydrogen-bond donors (Lipinski definition) is 2. The second-order valence-corrected chi connectivity index (χ2v) is 4.94. The van der Waals surface area contributed by atoms with Crippen LogP contribution >= 0.6 is 11.3 Å². The summed E-state index contributed by atoms with van der Waals surface area (Å²) in [5.41, 5.74) is 0.737. The van der Waals surface area contributed by atoms with Crippen molar-refractivity contribution in [2.75, 3.05) is 18.4 Å². The summed E-state index contributed by atoms with van der Waals surface area (Å²) in [4.78, 5) is 0. The number of nitrogens with one attached hydrogen (secondary N) is 2. The van der Waals surface area contributed by atoms with E-state index >= 15 is 0 Å². The molecule has 0 spiro atoms. The van der Waals surface area contributed by atoms with E-state index in [1.54, 1.807) is 6.07 Å². The minimum absolute atomic E-state index is 0.495. The number of piperidine rings is 1. The van der Waals surface area contributed by atoms with Crippen LogP contribution in [0.4, 0.5) is 5.13 Å². The first-order valence-corrected chi connectivity index (χ1v) is 6.45. The molecule has 1 fully saturated rings. The Labute approximate surface area is 102 Å². The van der Waals surface area contributed by atoms with Gasteiger partial charge in [-0.25, -0.2) is 0 Å². The van der Waals surface area contributed by atoms with E-state index in [2.05, 4.69) is 26.0 Å². The quantitative estimate of drug-likeness (QED) is 0.857. The zero-order valence-electron chi connectivity index (χ0n) is 9.22. The third kappa shape index (κ3) is 2.45. The number of rotatable bonds is 3. The number of nitrogens with zero attached hydrogens (tertiary/aromatic N) is 3. The van der Waals surface area contributed by atoms with Crippen LogP contribution < -0.4 is 10.6 Å². The van der Waals surface area contributed by atoms with Gasteiger partial charge in [0.2, 0.25) is 5.13 Å². The Morgan fingerprint density at radius 3 is 3.00 bits per heavy atom. The third-order valence-electron chi connectivity index (χ3n) is 2.75. The SMILES string of the molecule is c1cc(-c2nnc(NC3CCNCC3)s2)no1. The molecule has 7 heteroatoms. The summed E-state index contributed by atoms with van der Waals surface area (Å²) < 4.78 is 4.79. The molecule has 0 radical (unpaired) electrons. The van der Waals surface area contributed by atoms with Crippen molar-refractivity contribution in [2.45, 2.75) is 18.9 Å². The van der Waals surface area contributed by atoms with Crippen LogP contribution in [-0.2, 0) is 0 Å². The van der Waals surface area contributed by atoms with Gasteiger partial charge in [-0.2, -0.15) is 0 Å². The Bertz CT molecular complexity index is 463. The van der Waals surface area contributed by atoms with Gasteiger partial charge in [0, 0.05) is 12.1 Å². The lowest BCUT2D eigenvalue weighted by Gasteiger charge is -2.22. The van der Waals surface area contributed by atoms with E-state index in [-0.39, 0.29) is 0 Å². The van der Waals surface area contributed by atoms with Crippen LogP contribution in [0, 0.1) is 0 Å². The maximum absolute atomic E-state index is 4.79. The molecular weight excluding hydrogens is 238 g/mol. The summed E-state index contributed by atoms with van der Waals surface area (Å²) in [6.45, 7) is 2.12. The number of anilines is 1. The lowest BCUT2D eigenvalue weighted by Crippen LogP contribution is -2.35. The predicted molar refractivity (Wildman–Crippen MR) is 64.9 cm³/mol. The van der Waals surface area contributed by atoms with Crippen molar-refractivity contribution in [1.29, 1.82) is 0 Å². The van der Waals surface area contributed by atoms with Gasteiger partial charge in [-0.3, -0.25) is 0 Å². The van der Waals surface area contributed by atoms with E-state index in [9.17, 15) is 0 Å². The highest BCUT2D eigenvalue weighted by atomic mass is 32.1. The number of aromatic nitrogens is 3. The highest BCUT2D eigenvalue weighted by Crippen LogP contribution is 2.25. The summed E-state index contributed by atoms with van der Waals surface area (Å²) in [7, 11) is 0. The molecule has 0 aliphatic carbocycles. The van der Waals surface area contributed by atoms with E-state index < -0.39 is 0 Å². The first kappa shape index (κ1) is 10.7. The Morgan fingerprint density at radius 2 is 2.24 bits per heavy atom. The molecule has 90 valence electrons. The second kappa shape index (κ2) is 4.80. The van der Waals surface area contributed by atoms with Gasteiger partial charge in [-0.15, -0.1) is 10.2 Å². The predicted octanol–water partition coefficient (Wildman–Crippen LogP) is 1.36. The summed E-state index contributed by atoms with van der Waals surface area (Å²) in [5, 5.41) is 20.4. The number of hydrogen-bond acceptors (Lipinski definition) is 7. The first-order valence-electron chi connectivity index (χ1n) is 5.63. The molecule has 1 aliphatic heterocycles. The Kier molecular flexibility index (Phi) is 3.02. The molecule has 0 amide bonds. The average Bonchev–Trinajstić information content (AvgIpc) is 3.00. The molecule has 1 aliphatic rings. The van der Waals surface area contributed by atoms with Crippen molar-refractivity contribution in [1.82, 2.24) is 20.7 Å². The molecule has 2 aromatic rings. The Balaban J connectivity index is 1.68. The lowest BCUT2D eigenvalue weighted by molar-refractivity contribution is 0.422. The molecule has 0 bridgehead atoms. The van der Waals surface area contributed by atoms with Crippen molar-refractivity contribution in [3.8, 4) is 10.7 Å². The van der Waals surface area contributed by atoms with Gasteiger partial charge in [-0.1, -0.05) is 16.5 Å². The molecule has 1 saturated heterocycles. The van der Waals surface area contributed by atoms with Crippen LogP contribution in [0.3, 0.4) is 0 Å². The van der Waals surface area contributed by atoms with Crippen LogP contribution in [0.5, 0.6) is 0 Å². The van der Waals surface area contributed by atoms with Gasteiger partial charge in [0.15, 0.2) is 5.01 Å². The summed E-state index contributed by atoms with van der Waals surface area (Å²) in [6, 6.07) is 2.28. The van der Waals surface area contributed by atoms with Gasteiger partial charge in [0.1, 0.15) is 12.0 Å². The fraction of sp³-hybridized carbons (Fsp3) is 0.500. The van der Waals surface area contributed by atoms with Crippen LogP contribution in [0.15, 0.2) is 16.9 Å². The van der Waals surface area contributed by atoms with Crippen molar-refractivity contribution in [3.05, 3.63) is 12.3 Å². The smallest absolute Gasteiger partial charge is 0.206 e. The minimum Gasteiger partial charge on any atom is -0.364 e. The van der Waals surface area contributed by atoms with E-state index in [4.69, 9.17) is 4.52 Å². The van der Waals surface area contributed by atoms with Gasteiger partial charge >= 0.3 is 0 Å². The van der Waals surface area contributed by atoms with Crippen LogP contribution in [0.1, 0.15) is 12.8 Å². The van der Waals surface area contributed by atoms with E-state index in [1.165, 1.54) is 17.6 Å². The Morgan fingerprint density at radius 1 is 1.35 bits per heavy atom. The normalized spacial score (nSPS) is 17.2. The molecule has 0 saturated carbocycles. The molecule has 2 aromatic heterocycles. The van der Waals surface area contributed by atoms with E-state index in [0.29, 0.717) is 6.04 Å². The highest BCUT2D eigenvalue weighted by molar-refractivity contribution is 7.18. The molecule has 3 heterocycles. The first-order chi connectivity index (χ1) is 8.42. The van der Waals surface area contributed by atoms with Crippen molar-refractivity contribution < 1.29 is 4.52 Å². The molecule has 2 N–H and O–H groups in total. The third-order valence-corrected chi connectivity index (χ3v) is 3.63. The van der Waals surface area contributed by atoms with Gasteiger partial charge in [-0.05, 0) is 25.9 Å². The van der Waals surface area contributed by atoms with Gasteiger partial charge in [0.25, 0.3) is 0 Å². The minimum atomic E-state index is 0.495. The van der Waals surface area contributed by atoms with Gasteiger partial charge < -0.3 is 15.2 Å². The average molecular weight is 251 g/mol. The molecule has 17 heavy (non-hydrogen) atoms. The zero-order chi connectivity index (χ0) is 11.5. The lowest BCUT2D eigenvalue weighted by atomic mass is 10.1. The maximum Gasteiger partial charge on any atom is 0.206 e. The highest BCUT2D eigenvalue weighted by Gasteiger charge is 2.15. The van der Waals surface area contributed by atoms with E-state index in [0.717, 1.165) is 41.8 Å². The fourth-order valence-corrected chi connectivity index (χ4v) is 2.63. The fourth-order valence-electron chi connectivity index (χ4n) is 1.85. The maximum atomic E-state index is 4.79. The standard InChI is InChI=1S/C10H13N5OS/c1-4-11-5-2-7(1)12-10-14-13-9(17-10)8-3-6-16-15-8/h3,6-7,11H,1-2,4-5H2,(H,12,14). The molecule has 0 aromatic carbocycles. The Hall–Kier alpha value is -1.47. The topological polar surface area (TPSA) is 75.9 Å².